The molecule has 0 saturated carbocycles. The summed E-state index contributed by atoms with van der Waals surface area (Å²) in [7, 11) is 0. The van der Waals surface area contributed by atoms with Crippen LogP contribution in [-0.4, -0.2) is 21.7 Å². The molecule has 7 N–H and O–H groups in total. The zero-order valence-corrected chi connectivity index (χ0v) is 21.8. The van der Waals surface area contributed by atoms with E-state index in [4.69, 9.17) is 11.1 Å². The van der Waals surface area contributed by atoms with Crippen LogP contribution in [0.4, 0.5) is 26.4 Å². The van der Waals surface area contributed by atoms with Crippen LogP contribution in [0, 0.1) is 23.6 Å². The molecular weight excluding hydrogens is 489 g/mol. The second kappa shape index (κ2) is 10.5. The summed E-state index contributed by atoms with van der Waals surface area (Å²) in [6, 6.07) is 11.7. The number of carbonyl (C=O) groups is 1. The lowest BCUT2D eigenvalue weighted by Crippen LogP contribution is -2.79. The van der Waals surface area contributed by atoms with Gasteiger partial charge in [-0.3, -0.25) is 10.6 Å². The van der Waals surface area contributed by atoms with Crippen LogP contribution in [0.1, 0.15) is 26.3 Å². The average molecular weight is 519 g/mol. The van der Waals surface area contributed by atoms with Crippen molar-refractivity contribution in [3.05, 3.63) is 77.4 Å². The number of urea groups is 1. The molecule has 2 aromatic heterocycles. The van der Waals surface area contributed by atoms with Gasteiger partial charge in [-0.25, -0.2) is 19.2 Å². The van der Waals surface area contributed by atoms with E-state index in [0.29, 0.717) is 28.3 Å². The van der Waals surface area contributed by atoms with Crippen LogP contribution < -0.4 is 21.7 Å². The molecule has 4 aromatic rings. The number of halogens is 1. The Labute approximate surface area is 218 Å². The van der Waals surface area contributed by atoms with Gasteiger partial charge in [0.1, 0.15) is 28.5 Å². The predicted octanol–water partition coefficient (Wildman–Crippen LogP) is 5.31. The fourth-order valence-corrected chi connectivity index (χ4v) is 4.43. The number of hydrogen-bond acceptors (Lipinski definition) is 6. The van der Waals surface area contributed by atoms with Crippen LogP contribution in [0.5, 0.6) is 0 Å². The molecule has 0 radical (unpaired) electrons. The number of fused-ring (bicyclic) bond motifs is 1. The van der Waals surface area contributed by atoms with E-state index in [1.165, 1.54) is 29.8 Å². The normalized spacial score (nSPS) is 12.0. The van der Waals surface area contributed by atoms with Gasteiger partial charge in [-0.05, 0) is 36.8 Å². The molecule has 0 saturated heterocycles. The first-order chi connectivity index (χ1) is 17.5. The lowest BCUT2D eigenvalue weighted by molar-refractivity contribution is -0.522. The molecular formula is C27H29FN7OS+. The van der Waals surface area contributed by atoms with E-state index in [0.717, 1.165) is 21.6 Å². The highest BCUT2D eigenvalue weighted by atomic mass is 32.1. The number of nitrogens with one attached hydrogen (secondary N) is 3. The molecule has 0 aliphatic carbocycles. The van der Waals surface area contributed by atoms with E-state index in [9.17, 15) is 4.79 Å². The van der Waals surface area contributed by atoms with Crippen molar-refractivity contribution in [1.29, 1.82) is 5.41 Å². The maximum Gasteiger partial charge on any atom is 0.327 e. The molecule has 4 rings (SSSR count). The number of anilines is 2. The topological polar surface area (TPSA) is 133 Å². The number of aromatic nitrogens is 2. The van der Waals surface area contributed by atoms with E-state index in [1.54, 1.807) is 17.5 Å². The number of hydrogen-bond donors (Lipinski definition) is 5. The van der Waals surface area contributed by atoms with Crippen LogP contribution in [0.25, 0.3) is 21.3 Å². The van der Waals surface area contributed by atoms with Crippen molar-refractivity contribution in [3.8, 4) is 11.1 Å². The molecule has 0 fully saturated rings. The number of benzene rings is 2. The summed E-state index contributed by atoms with van der Waals surface area (Å²) in [4.78, 5) is 21.8. The highest BCUT2D eigenvalue weighted by Crippen LogP contribution is 2.36. The quantitative estimate of drug-likeness (QED) is 0.175. The summed E-state index contributed by atoms with van der Waals surface area (Å²) in [5.74, 6) is 0.143. The molecule has 2 aromatic carbocycles. The fraction of sp³-hybridized carbons (Fsp3) is 0.185. The number of nitrogens with zero attached hydrogens (tertiary/aromatic N) is 2. The van der Waals surface area contributed by atoms with Crippen LogP contribution in [-0.2, 0) is 0 Å². The lowest BCUT2D eigenvalue weighted by Gasteiger charge is -2.18. The zero-order chi connectivity index (χ0) is 26.7. The molecule has 190 valence electrons. The van der Waals surface area contributed by atoms with Crippen molar-refractivity contribution in [2.24, 2.45) is 5.41 Å². The summed E-state index contributed by atoms with van der Waals surface area (Å²) in [6.07, 6.45) is 3.00. The van der Waals surface area contributed by atoms with E-state index < -0.39 is 17.3 Å². The van der Waals surface area contributed by atoms with E-state index in [2.05, 4.69) is 20.6 Å². The minimum absolute atomic E-state index is 0.0191. The number of amides is 2. The van der Waals surface area contributed by atoms with Gasteiger partial charge >= 0.3 is 6.03 Å². The number of allylic oxidation sites excluding steroid dienone is 1. The van der Waals surface area contributed by atoms with E-state index in [1.807, 2.05) is 57.3 Å². The molecule has 0 spiro atoms. The Hall–Kier alpha value is -4.15. The molecule has 0 aliphatic rings. The van der Waals surface area contributed by atoms with Gasteiger partial charge in [0, 0.05) is 28.1 Å². The summed E-state index contributed by atoms with van der Waals surface area (Å²) in [5.41, 5.74) is 9.27. The van der Waals surface area contributed by atoms with Gasteiger partial charge in [0.2, 0.25) is 5.82 Å². The first kappa shape index (κ1) is 25.9. The third kappa shape index (κ3) is 6.16. The molecule has 0 bridgehead atoms. The molecule has 2 amide bonds. The third-order valence-electron chi connectivity index (χ3n) is 5.69. The highest BCUT2D eigenvalue weighted by Gasteiger charge is 2.20. The average Bonchev–Trinajstić information content (AvgIpc) is 3.27. The molecule has 8 nitrogen and oxygen atoms in total. The van der Waals surface area contributed by atoms with Gasteiger partial charge in [0.15, 0.2) is 0 Å². The molecule has 37 heavy (non-hydrogen) atoms. The maximum absolute atomic E-state index is 15.0. The molecule has 0 unspecified atom stereocenters. The van der Waals surface area contributed by atoms with Crippen molar-refractivity contribution in [2.75, 3.05) is 11.1 Å². The van der Waals surface area contributed by atoms with Gasteiger partial charge in [-0.2, -0.15) is 0 Å². The van der Waals surface area contributed by atoms with Crippen molar-refractivity contribution < 1.29 is 14.5 Å². The minimum Gasteiger partial charge on any atom is -0.383 e. The van der Waals surface area contributed by atoms with Crippen LogP contribution >= 0.6 is 11.3 Å². The van der Waals surface area contributed by atoms with Gasteiger partial charge < -0.3 is 16.5 Å². The summed E-state index contributed by atoms with van der Waals surface area (Å²) >= 11 is 1.40. The monoisotopic (exact) mass is 518 g/mol. The van der Waals surface area contributed by atoms with Gasteiger partial charge in [0.25, 0.3) is 0 Å². The third-order valence-corrected chi connectivity index (χ3v) is 6.58. The zero-order valence-electron chi connectivity index (χ0n) is 21.0. The van der Waals surface area contributed by atoms with Crippen LogP contribution in [0.15, 0.2) is 66.1 Å². The second-order valence-electron chi connectivity index (χ2n) is 9.68. The molecule has 0 aliphatic heterocycles. The number of aryl methyl sites for hydroxylation is 1. The highest BCUT2D eigenvalue weighted by molar-refractivity contribution is 7.17. The number of nitrogen functional groups attached to an aromatic ring is 1. The summed E-state index contributed by atoms with van der Waals surface area (Å²) in [5, 5.41) is 18.0. The number of rotatable bonds is 6. The first-order valence-electron chi connectivity index (χ1n) is 11.6. The smallest absolute Gasteiger partial charge is 0.327 e. The molecule has 10 heteroatoms. The minimum atomic E-state index is -0.624. The largest absolute Gasteiger partial charge is 0.383 e. The van der Waals surface area contributed by atoms with Gasteiger partial charge in [-0.15, -0.1) is 11.3 Å². The number of carbonyl (C=O) groups excluding carboxylic acids is 1. The standard InChI is InChI=1S/C27H28FN7OS/c1-15-5-8-17(9-6-15)33-22(12-21(29)27(2,3)4)35-26(36)34-20-10-7-16(11-19(20)28)18-13-37-25-23(18)24(30)31-14-32-25/h5-14,29,33H,1-4H3,(H2,30,31,32)(H2,34,35,36)/p+1/b22-12+,29-21?. The first-order valence-corrected chi connectivity index (χ1v) is 12.5. The second-order valence-corrected chi connectivity index (χ2v) is 10.5. The Morgan fingerprint density at radius 2 is 1.89 bits per heavy atom. The van der Waals surface area contributed by atoms with Crippen molar-refractivity contribution in [3.63, 3.8) is 0 Å². The van der Waals surface area contributed by atoms with Crippen molar-refractivity contribution in [2.45, 2.75) is 27.7 Å². The van der Waals surface area contributed by atoms with Crippen molar-refractivity contribution in [1.82, 2.24) is 15.3 Å². The predicted molar refractivity (Wildman–Crippen MR) is 147 cm³/mol. The van der Waals surface area contributed by atoms with Crippen molar-refractivity contribution >= 4 is 50.5 Å². The molecule has 0 atom stereocenters. The van der Waals surface area contributed by atoms with Gasteiger partial charge in [0.05, 0.1) is 11.1 Å². The Balaban J connectivity index is 1.54. The number of nitrogens with two attached hydrogens (primary N) is 2. The SMILES string of the molecule is Cc1ccc([NH2+]/C(=C\C(=N)C(C)(C)C)NC(=O)Nc2ccc(-c3csc4ncnc(N)c34)cc2F)cc1. The number of quaternary nitrogens is 1. The lowest BCUT2D eigenvalue weighted by atomic mass is 9.90. The van der Waals surface area contributed by atoms with Crippen LogP contribution in [0.3, 0.4) is 0 Å². The Morgan fingerprint density at radius 3 is 2.57 bits per heavy atom. The Bertz CT molecular complexity index is 1500. The summed E-state index contributed by atoms with van der Waals surface area (Å²) < 4.78 is 15.0. The Kier molecular flexibility index (Phi) is 7.33. The Morgan fingerprint density at radius 1 is 1.16 bits per heavy atom. The maximum atomic E-state index is 15.0. The number of thiophene rings is 1. The van der Waals surface area contributed by atoms with E-state index in [-0.39, 0.29) is 5.69 Å². The summed E-state index contributed by atoms with van der Waals surface area (Å²) in [6.45, 7) is 7.75. The van der Waals surface area contributed by atoms with E-state index >= 15 is 4.39 Å². The fourth-order valence-electron chi connectivity index (χ4n) is 3.51. The molecule has 2 heterocycles. The van der Waals surface area contributed by atoms with Gasteiger partial charge in [-0.1, -0.05) is 44.5 Å². The van der Waals surface area contributed by atoms with Crippen LogP contribution in [0.2, 0.25) is 0 Å².